The normalized spacial score (nSPS) is 14.6. The van der Waals surface area contributed by atoms with Crippen molar-refractivity contribution in [3.8, 4) is 5.75 Å². The van der Waals surface area contributed by atoms with Crippen LogP contribution in [0.1, 0.15) is 31.9 Å². The van der Waals surface area contributed by atoms with Crippen LogP contribution in [0.25, 0.3) is 0 Å². The first-order chi connectivity index (χ1) is 15.8. The van der Waals surface area contributed by atoms with E-state index in [1.165, 1.54) is 4.31 Å². The number of amides is 1. The number of rotatable bonds is 10. The summed E-state index contributed by atoms with van der Waals surface area (Å²) < 4.78 is 34.1. The summed E-state index contributed by atoms with van der Waals surface area (Å²) in [4.78, 5) is 14.9. The van der Waals surface area contributed by atoms with E-state index in [2.05, 4.69) is 19.2 Å². The fourth-order valence-corrected chi connectivity index (χ4v) is 5.29. The number of benzene rings is 2. The molecule has 1 saturated heterocycles. The standard InChI is InChI=1S/C25H35N3O4S/c1-4-32-23-7-5-6-22(17-23)18-28(19-25(29)27-14-12-26-13-15-27)33(30,31)24-10-8-21(9-11-24)16-20(2)3/h5-11,17,20,26H,4,12-16,18-19H2,1-3H3. The fourth-order valence-electron chi connectivity index (χ4n) is 3.91. The van der Waals surface area contributed by atoms with Gasteiger partial charge in [-0.3, -0.25) is 4.79 Å². The van der Waals surface area contributed by atoms with Crippen LogP contribution < -0.4 is 10.1 Å². The highest BCUT2D eigenvalue weighted by Gasteiger charge is 2.29. The summed E-state index contributed by atoms with van der Waals surface area (Å²) in [5, 5.41) is 3.22. The molecule has 2 aromatic rings. The number of nitrogens with zero attached hydrogens (tertiary/aromatic N) is 2. The summed E-state index contributed by atoms with van der Waals surface area (Å²) in [6, 6.07) is 14.4. The monoisotopic (exact) mass is 473 g/mol. The topological polar surface area (TPSA) is 79.0 Å². The van der Waals surface area contributed by atoms with Crippen LogP contribution in [-0.2, 0) is 27.8 Å². The van der Waals surface area contributed by atoms with Gasteiger partial charge < -0.3 is 15.0 Å². The number of hydrogen-bond donors (Lipinski definition) is 1. The van der Waals surface area contributed by atoms with Gasteiger partial charge in [-0.05, 0) is 54.7 Å². The van der Waals surface area contributed by atoms with Crippen LogP contribution in [0.3, 0.4) is 0 Å². The van der Waals surface area contributed by atoms with Crippen molar-refractivity contribution < 1.29 is 17.9 Å². The summed E-state index contributed by atoms with van der Waals surface area (Å²) in [7, 11) is -3.87. The van der Waals surface area contributed by atoms with Crippen LogP contribution in [0.15, 0.2) is 53.4 Å². The number of sulfonamides is 1. The van der Waals surface area contributed by atoms with Gasteiger partial charge in [0, 0.05) is 32.7 Å². The van der Waals surface area contributed by atoms with Crippen molar-refractivity contribution in [3.05, 3.63) is 59.7 Å². The lowest BCUT2D eigenvalue weighted by Gasteiger charge is -2.30. The highest BCUT2D eigenvalue weighted by Crippen LogP contribution is 2.22. The first-order valence-electron chi connectivity index (χ1n) is 11.6. The minimum Gasteiger partial charge on any atom is -0.494 e. The first-order valence-corrected chi connectivity index (χ1v) is 13.0. The van der Waals surface area contributed by atoms with Gasteiger partial charge >= 0.3 is 0 Å². The second-order valence-corrected chi connectivity index (χ2v) is 10.7. The molecule has 8 heteroatoms. The molecule has 1 amide bonds. The first kappa shape index (κ1) is 25.2. The Bertz CT molecular complexity index is 1020. The summed E-state index contributed by atoms with van der Waals surface area (Å²) in [5.41, 5.74) is 1.87. The van der Waals surface area contributed by atoms with Gasteiger partial charge in [-0.1, -0.05) is 38.1 Å². The Morgan fingerprint density at radius 1 is 1.09 bits per heavy atom. The van der Waals surface area contributed by atoms with Gasteiger partial charge in [-0.25, -0.2) is 8.42 Å². The molecule has 0 bridgehead atoms. The lowest BCUT2D eigenvalue weighted by atomic mass is 10.0. The maximum Gasteiger partial charge on any atom is 0.243 e. The van der Waals surface area contributed by atoms with E-state index in [1.54, 1.807) is 17.0 Å². The van der Waals surface area contributed by atoms with Crippen LogP contribution in [-0.4, -0.2) is 62.9 Å². The molecule has 0 unspecified atom stereocenters. The van der Waals surface area contributed by atoms with Crippen molar-refractivity contribution in [2.75, 3.05) is 39.3 Å². The van der Waals surface area contributed by atoms with E-state index in [0.29, 0.717) is 44.5 Å². The number of ether oxygens (including phenoxy) is 1. The minimum atomic E-state index is -3.87. The van der Waals surface area contributed by atoms with Crippen molar-refractivity contribution >= 4 is 15.9 Å². The average molecular weight is 474 g/mol. The van der Waals surface area contributed by atoms with E-state index in [0.717, 1.165) is 17.5 Å². The molecule has 1 heterocycles. The van der Waals surface area contributed by atoms with Gasteiger partial charge in [0.05, 0.1) is 18.0 Å². The molecular weight excluding hydrogens is 438 g/mol. The molecule has 7 nitrogen and oxygen atoms in total. The molecule has 33 heavy (non-hydrogen) atoms. The van der Waals surface area contributed by atoms with Crippen molar-refractivity contribution in [2.45, 2.75) is 38.6 Å². The SMILES string of the molecule is CCOc1cccc(CN(CC(=O)N2CCNCC2)S(=O)(=O)c2ccc(CC(C)C)cc2)c1. The van der Waals surface area contributed by atoms with Crippen LogP contribution in [0, 0.1) is 5.92 Å². The summed E-state index contributed by atoms with van der Waals surface area (Å²) in [6.07, 6.45) is 0.885. The number of nitrogens with one attached hydrogen (secondary N) is 1. The summed E-state index contributed by atoms with van der Waals surface area (Å²) in [6.45, 7) is 9.16. The lowest BCUT2D eigenvalue weighted by molar-refractivity contribution is -0.132. The molecule has 0 aromatic heterocycles. The molecule has 0 atom stereocenters. The molecule has 0 saturated carbocycles. The van der Waals surface area contributed by atoms with E-state index in [4.69, 9.17) is 4.74 Å². The molecule has 180 valence electrons. The number of hydrogen-bond acceptors (Lipinski definition) is 5. The maximum atomic E-state index is 13.6. The van der Waals surface area contributed by atoms with Crippen LogP contribution in [0.5, 0.6) is 5.75 Å². The van der Waals surface area contributed by atoms with E-state index < -0.39 is 10.0 Å². The molecule has 2 aromatic carbocycles. The Labute approximate surface area is 197 Å². The predicted octanol–water partition coefficient (Wildman–Crippen LogP) is 2.91. The van der Waals surface area contributed by atoms with Crippen LogP contribution >= 0.6 is 0 Å². The molecule has 0 spiro atoms. The van der Waals surface area contributed by atoms with Gasteiger partial charge in [-0.15, -0.1) is 0 Å². The van der Waals surface area contributed by atoms with Crippen LogP contribution in [0.2, 0.25) is 0 Å². The molecule has 1 aliphatic heterocycles. The summed E-state index contributed by atoms with van der Waals surface area (Å²) in [5.74, 6) is 0.981. The molecule has 1 N–H and O–H groups in total. The number of carbonyl (C=O) groups is 1. The Kier molecular flexibility index (Phi) is 8.88. The molecule has 3 rings (SSSR count). The van der Waals surface area contributed by atoms with Crippen LogP contribution in [0.4, 0.5) is 0 Å². The third-order valence-corrected chi connectivity index (χ3v) is 7.36. The Hall–Kier alpha value is -2.42. The van der Waals surface area contributed by atoms with Gasteiger partial charge in [0.2, 0.25) is 15.9 Å². The molecule has 1 fully saturated rings. The molecule has 0 aliphatic carbocycles. The zero-order valence-electron chi connectivity index (χ0n) is 19.8. The Morgan fingerprint density at radius 2 is 1.79 bits per heavy atom. The van der Waals surface area contributed by atoms with Gasteiger partial charge in [0.15, 0.2) is 0 Å². The van der Waals surface area contributed by atoms with Gasteiger partial charge in [0.25, 0.3) is 0 Å². The van der Waals surface area contributed by atoms with Crippen molar-refractivity contribution in [1.29, 1.82) is 0 Å². The number of carbonyl (C=O) groups excluding carboxylic acids is 1. The zero-order chi connectivity index (χ0) is 23.8. The molecule has 1 aliphatic rings. The van der Waals surface area contributed by atoms with Crippen molar-refractivity contribution in [2.24, 2.45) is 5.92 Å². The third kappa shape index (κ3) is 7.03. The second-order valence-electron chi connectivity index (χ2n) is 8.73. The van der Waals surface area contributed by atoms with Crippen molar-refractivity contribution in [3.63, 3.8) is 0 Å². The predicted molar refractivity (Wildman–Crippen MR) is 130 cm³/mol. The quantitative estimate of drug-likeness (QED) is 0.574. The summed E-state index contributed by atoms with van der Waals surface area (Å²) >= 11 is 0. The van der Waals surface area contributed by atoms with Crippen molar-refractivity contribution in [1.82, 2.24) is 14.5 Å². The highest BCUT2D eigenvalue weighted by atomic mass is 32.2. The number of piperazine rings is 1. The van der Waals surface area contributed by atoms with E-state index >= 15 is 0 Å². The van der Waals surface area contributed by atoms with E-state index in [9.17, 15) is 13.2 Å². The zero-order valence-corrected chi connectivity index (χ0v) is 20.6. The average Bonchev–Trinajstić information content (AvgIpc) is 2.79. The lowest BCUT2D eigenvalue weighted by Crippen LogP contribution is -2.50. The molecule has 0 radical (unpaired) electrons. The minimum absolute atomic E-state index is 0.0921. The van der Waals surface area contributed by atoms with Gasteiger partial charge in [0.1, 0.15) is 5.75 Å². The largest absolute Gasteiger partial charge is 0.494 e. The molecular formula is C25H35N3O4S. The Morgan fingerprint density at radius 3 is 2.42 bits per heavy atom. The second kappa shape index (κ2) is 11.6. The third-order valence-electron chi connectivity index (χ3n) is 5.55. The van der Waals surface area contributed by atoms with E-state index in [-0.39, 0.29) is 23.9 Å². The smallest absolute Gasteiger partial charge is 0.243 e. The maximum absolute atomic E-state index is 13.6. The van der Waals surface area contributed by atoms with Gasteiger partial charge in [-0.2, -0.15) is 4.31 Å². The highest BCUT2D eigenvalue weighted by molar-refractivity contribution is 7.89. The Balaban J connectivity index is 1.87. The van der Waals surface area contributed by atoms with E-state index in [1.807, 2.05) is 43.3 Å². The fraction of sp³-hybridized carbons (Fsp3) is 0.480.